The standard InChI is InChI=1S/C24H46N4O/c25-15-7-9-17-27-20-24(21-28-18-10-8-16-26)14-4-1-2-11-19-29-22-23-12-5-3-6-13-23/h3,5-6,12-13,24,27-28H,1-2,4,7-11,14-22,25-26H2. The maximum atomic E-state index is 5.78. The van der Waals surface area contributed by atoms with Gasteiger partial charge >= 0.3 is 0 Å². The normalized spacial score (nSPS) is 11.4. The number of unbranched alkanes of at least 4 members (excludes halogenated alkanes) is 5. The Labute approximate surface area is 179 Å². The maximum absolute atomic E-state index is 5.78. The van der Waals surface area contributed by atoms with Crippen molar-refractivity contribution in [2.45, 2.75) is 64.4 Å². The van der Waals surface area contributed by atoms with Gasteiger partial charge in [-0.3, -0.25) is 0 Å². The lowest BCUT2D eigenvalue weighted by molar-refractivity contribution is 0.116. The summed E-state index contributed by atoms with van der Waals surface area (Å²) in [6, 6.07) is 10.4. The molecular weight excluding hydrogens is 360 g/mol. The van der Waals surface area contributed by atoms with E-state index in [0.717, 1.165) is 71.7 Å². The monoisotopic (exact) mass is 406 g/mol. The highest BCUT2D eigenvalue weighted by Gasteiger charge is 2.08. The summed E-state index contributed by atoms with van der Waals surface area (Å²) in [5.41, 5.74) is 12.4. The number of hydrogen-bond donors (Lipinski definition) is 4. The molecule has 168 valence electrons. The smallest absolute Gasteiger partial charge is 0.0716 e. The zero-order valence-electron chi connectivity index (χ0n) is 18.5. The van der Waals surface area contributed by atoms with Crippen molar-refractivity contribution in [1.29, 1.82) is 0 Å². The van der Waals surface area contributed by atoms with Crippen LogP contribution in [0.4, 0.5) is 0 Å². The zero-order chi connectivity index (χ0) is 20.8. The van der Waals surface area contributed by atoms with Crippen LogP contribution in [0.1, 0.15) is 63.4 Å². The van der Waals surface area contributed by atoms with Gasteiger partial charge in [-0.15, -0.1) is 0 Å². The summed E-state index contributed by atoms with van der Waals surface area (Å²) < 4.78 is 5.78. The first kappa shape index (κ1) is 26.1. The molecule has 0 aromatic heterocycles. The van der Waals surface area contributed by atoms with Crippen LogP contribution >= 0.6 is 0 Å². The Bertz CT molecular complexity index is 430. The first-order valence-corrected chi connectivity index (χ1v) is 11.8. The van der Waals surface area contributed by atoms with Crippen LogP contribution in [0.15, 0.2) is 30.3 Å². The molecule has 29 heavy (non-hydrogen) atoms. The lowest BCUT2D eigenvalue weighted by Crippen LogP contribution is -2.32. The molecule has 1 rings (SSSR count). The molecule has 0 bridgehead atoms. The van der Waals surface area contributed by atoms with Crippen LogP contribution in [-0.4, -0.2) is 45.9 Å². The summed E-state index contributed by atoms with van der Waals surface area (Å²) in [6.07, 6.45) is 10.9. The quantitative estimate of drug-likeness (QED) is 0.235. The van der Waals surface area contributed by atoms with Crippen molar-refractivity contribution in [2.24, 2.45) is 17.4 Å². The molecule has 0 aliphatic carbocycles. The van der Waals surface area contributed by atoms with Crippen LogP contribution < -0.4 is 22.1 Å². The van der Waals surface area contributed by atoms with Gasteiger partial charge in [0.15, 0.2) is 0 Å². The predicted molar refractivity (Wildman–Crippen MR) is 125 cm³/mol. The largest absolute Gasteiger partial charge is 0.377 e. The van der Waals surface area contributed by atoms with Crippen LogP contribution in [0.25, 0.3) is 0 Å². The van der Waals surface area contributed by atoms with Crippen molar-refractivity contribution in [3.05, 3.63) is 35.9 Å². The van der Waals surface area contributed by atoms with Crippen LogP contribution in [-0.2, 0) is 11.3 Å². The highest BCUT2D eigenvalue weighted by Crippen LogP contribution is 2.11. The van der Waals surface area contributed by atoms with E-state index < -0.39 is 0 Å². The van der Waals surface area contributed by atoms with Gasteiger partial charge in [0, 0.05) is 6.61 Å². The number of nitrogens with one attached hydrogen (secondary N) is 2. The van der Waals surface area contributed by atoms with Gasteiger partial charge in [0.1, 0.15) is 0 Å². The van der Waals surface area contributed by atoms with Gasteiger partial charge in [-0.05, 0) is 89.3 Å². The van der Waals surface area contributed by atoms with Crippen molar-refractivity contribution in [3.8, 4) is 0 Å². The summed E-state index contributed by atoms with van der Waals surface area (Å²) >= 11 is 0. The third-order valence-corrected chi connectivity index (χ3v) is 5.24. The molecule has 0 atom stereocenters. The second kappa shape index (κ2) is 20.3. The van der Waals surface area contributed by atoms with E-state index in [0.29, 0.717) is 5.92 Å². The first-order chi connectivity index (χ1) is 14.4. The van der Waals surface area contributed by atoms with Crippen LogP contribution in [0.5, 0.6) is 0 Å². The van der Waals surface area contributed by atoms with Gasteiger partial charge in [0.05, 0.1) is 6.61 Å². The van der Waals surface area contributed by atoms with Crippen molar-refractivity contribution in [3.63, 3.8) is 0 Å². The molecule has 0 fully saturated rings. The third kappa shape index (κ3) is 16.5. The molecule has 5 nitrogen and oxygen atoms in total. The summed E-state index contributed by atoms with van der Waals surface area (Å²) in [7, 11) is 0. The number of benzene rings is 1. The van der Waals surface area contributed by atoms with Crippen LogP contribution in [0.3, 0.4) is 0 Å². The molecule has 1 aromatic rings. The van der Waals surface area contributed by atoms with Gasteiger partial charge in [-0.2, -0.15) is 0 Å². The minimum absolute atomic E-state index is 0.708. The van der Waals surface area contributed by atoms with E-state index in [-0.39, 0.29) is 0 Å². The van der Waals surface area contributed by atoms with Gasteiger partial charge in [-0.25, -0.2) is 0 Å². The Hall–Kier alpha value is -0.980. The fourth-order valence-corrected chi connectivity index (χ4v) is 3.43. The minimum atomic E-state index is 0.708. The summed E-state index contributed by atoms with van der Waals surface area (Å²) in [6.45, 7) is 7.56. The minimum Gasteiger partial charge on any atom is -0.377 e. The average Bonchev–Trinajstić information content (AvgIpc) is 2.75. The molecule has 5 heteroatoms. The first-order valence-electron chi connectivity index (χ1n) is 11.8. The van der Waals surface area contributed by atoms with E-state index in [2.05, 4.69) is 34.9 Å². The van der Waals surface area contributed by atoms with Crippen molar-refractivity contribution >= 4 is 0 Å². The molecule has 0 radical (unpaired) electrons. The topological polar surface area (TPSA) is 85.3 Å². The Morgan fingerprint density at radius 3 is 1.97 bits per heavy atom. The average molecular weight is 407 g/mol. The second-order valence-electron chi connectivity index (χ2n) is 8.01. The molecule has 0 aliphatic heterocycles. The molecule has 0 spiro atoms. The van der Waals surface area contributed by atoms with Gasteiger partial charge in [0.2, 0.25) is 0 Å². The Morgan fingerprint density at radius 1 is 0.724 bits per heavy atom. The number of rotatable bonds is 21. The summed E-state index contributed by atoms with van der Waals surface area (Å²) in [5, 5.41) is 7.24. The molecule has 0 unspecified atom stereocenters. The van der Waals surface area contributed by atoms with Crippen molar-refractivity contribution in [1.82, 2.24) is 10.6 Å². The predicted octanol–water partition coefficient (Wildman–Crippen LogP) is 3.43. The molecule has 6 N–H and O–H groups in total. The van der Waals surface area contributed by atoms with E-state index in [1.165, 1.54) is 44.1 Å². The number of ether oxygens (including phenoxy) is 1. The van der Waals surface area contributed by atoms with Crippen LogP contribution in [0, 0.1) is 5.92 Å². The molecule has 0 saturated heterocycles. The maximum Gasteiger partial charge on any atom is 0.0716 e. The summed E-state index contributed by atoms with van der Waals surface area (Å²) in [5.74, 6) is 0.708. The Morgan fingerprint density at radius 2 is 1.34 bits per heavy atom. The lowest BCUT2D eigenvalue weighted by Gasteiger charge is -2.18. The third-order valence-electron chi connectivity index (χ3n) is 5.24. The second-order valence-corrected chi connectivity index (χ2v) is 8.01. The van der Waals surface area contributed by atoms with Crippen LogP contribution in [0.2, 0.25) is 0 Å². The summed E-state index contributed by atoms with van der Waals surface area (Å²) in [4.78, 5) is 0. The Balaban J connectivity index is 2.05. The van der Waals surface area contributed by atoms with Gasteiger partial charge in [0.25, 0.3) is 0 Å². The Kier molecular flexibility index (Phi) is 18.2. The van der Waals surface area contributed by atoms with E-state index >= 15 is 0 Å². The highest BCUT2D eigenvalue weighted by atomic mass is 16.5. The lowest BCUT2D eigenvalue weighted by atomic mass is 10.00. The van der Waals surface area contributed by atoms with E-state index in [1.807, 2.05) is 6.07 Å². The molecule has 0 amide bonds. The SMILES string of the molecule is NCCCCNCC(CCCCCCOCc1ccccc1)CNCCCCN. The molecule has 1 aromatic carbocycles. The molecule has 0 heterocycles. The van der Waals surface area contributed by atoms with E-state index in [4.69, 9.17) is 16.2 Å². The fraction of sp³-hybridized carbons (Fsp3) is 0.750. The van der Waals surface area contributed by atoms with E-state index in [1.54, 1.807) is 0 Å². The number of hydrogen-bond acceptors (Lipinski definition) is 5. The molecule has 0 saturated carbocycles. The number of nitrogens with two attached hydrogens (primary N) is 2. The van der Waals surface area contributed by atoms with Gasteiger partial charge in [-0.1, -0.05) is 49.6 Å². The van der Waals surface area contributed by atoms with Gasteiger partial charge < -0.3 is 26.8 Å². The molecular formula is C24H46N4O. The molecule has 0 aliphatic rings. The zero-order valence-corrected chi connectivity index (χ0v) is 18.5. The highest BCUT2D eigenvalue weighted by molar-refractivity contribution is 5.13. The van der Waals surface area contributed by atoms with Crippen molar-refractivity contribution < 1.29 is 4.74 Å². The van der Waals surface area contributed by atoms with Crippen molar-refractivity contribution in [2.75, 3.05) is 45.9 Å². The fourth-order valence-electron chi connectivity index (χ4n) is 3.43. The van der Waals surface area contributed by atoms with E-state index in [9.17, 15) is 0 Å².